The normalized spacial score (nSPS) is 19.0. The van der Waals surface area contributed by atoms with Crippen LogP contribution in [0.2, 0.25) is 0 Å². The van der Waals surface area contributed by atoms with E-state index in [1.54, 1.807) is 24.3 Å². The summed E-state index contributed by atoms with van der Waals surface area (Å²) in [6.45, 7) is 1.46. The summed E-state index contributed by atoms with van der Waals surface area (Å²) >= 11 is 0. The average Bonchev–Trinajstić information content (AvgIpc) is 0.849. The highest BCUT2D eigenvalue weighted by Crippen LogP contribution is 2.27. The molecule has 0 fully saturated rings. The van der Waals surface area contributed by atoms with Crippen LogP contribution in [0.3, 0.4) is 0 Å². The lowest BCUT2D eigenvalue weighted by molar-refractivity contribution is -0.141. The molecule has 0 radical (unpaired) electrons. The number of carboxylic acid groups (broad SMARTS) is 3. The minimum Gasteiger partial charge on any atom is -0.506 e. The first-order valence-corrected chi connectivity index (χ1v) is 39.7. The molecule has 5 aromatic carbocycles. The minimum atomic E-state index is -1.56. The summed E-state index contributed by atoms with van der Waals surface area (Å²) in [5, 5.41) is 110. The third-order valence-electron chi connectivity index (χ3n) is 20.2. The maximum absolute atomic E-state index is 14.7. The van der Waals surface area contributed by atoms with Gasteiger partial charge >= 0.3 is 23.9 Å². The molecule has 0 saturated heterocycles. The van der Waals surface area contributed by atoms with Gasteiger partial charge in [0, 0.05) is 175 Å². The lowest BCUT2D eigenvalue weighted by atomic mass is 10.0. The number of urea groups is 1. The fraction of sp³-hybridized carbons (Fsp3) is 0.444. The maximum Gasteiger partial charge on any atom is 0.326 e. The van der Waals surface area contributed by atoms with Crippen LogP contribution in [0, 0.1) is 0 Å². The second-order valence-corrected chi connectivity index (χ2v) is 28.9. The Bertz CT molecular complexity index is 4420. The van der Waals surface area contributed by atoms with Crippen molar-refractivity contribution in [1.82, 2.24) is 88.7 Å². The summed E-state index contributed by atoms with van der Waals surface area (Å²) in [6.07, 6.45) is 0.668. The molecule has 5 aromatic rings. The van der Waals surface area contributed by atoms with Gasteiger partial charge in [-0.15, -0.1) is 0 Å². The van der Waals surface area contributed by atoms with Crippen LogP contribution in [0.25, 0.3) is 0 Å². The molecule has 20 N–H and O–H groups in total. The van der Waals surface area contributed by atoms with Gasteiger partial charge in [-0.25, -0.2) is 14.4 Å². The summed E-state index contributed by atoms with van der Waals surface area (Å²) in [5.41, 5.74) is -0.723. The predicted molar refractivity (Wildman–Crippen MR) is 432 cm³/mol. The van der Waals surface area contributed by atoms with Crippen LogP contribution in [0.1, 0.15) is 169 Å². The van der Waals surface area contributed by atoms with Crippen LogP contribution in [-0.2, 0) is 30.5 Å². The number of para-hydroxylation sites is 4. The van der Waals surface area contributed by atoms with Crippen LogP contribution in [-0.4, -0.2) is 300 Å². The first-order chi connectivity index (χ1) is 57.6. The number of hydrogen-bond acceptors (Lipinski definition) is 23. The molecule has 13 amide bonds. The van der Waals surface area contributed by atoms with Gasteiger partial charge in [-0.3, -0.25) is 77.1 Å². The molecular formula is C81H105N17O22. The topological polar surface area (TPSA) is 567 Å². The number of nitrogens with one attached hydrogen (secondary N) is 13. The number of unbranched alkanes of at least 4 members (excludes halogenated alkanes) is 2. The fourth-order valence-electron chi connectivity index (χ4n) is 13.5. The van der Waals surface area contributed by atoms with Gasteiger partial charge in [0.15, 0.2) is 0 Å². The molecule has 4 heterocycles. The molecule has 5 unspecified atom stereocenters. The van der Waals surface area contributed by atoms with Crippen molar-refractivity contribution in [3.8, 4) is 23.0 Å². The zero-order valence-electron chi connectivity index (χ0n) is 66.3. The summed E-state index contributed by atoms with van der Waals surface area (Å²) < 4.78 is 0. The molecule has 7 atom stereocenters. The van der Waals surface area contributed by atoms with E-state index >= 15 is 0 Å². The van der Waals surface area contributed by atoms with E-state index in [0.29, 0.717) is 30.4 Å². The minimum absolute atomic E-state index is 0.00292. The van der Waals surface area contributed by atoms with Crippen LogP contribution < -0.4 is 69.1 Å². The van der Waals surface area contributed by atoms with Crippen molar-refractivity contribution in [3.05, 3.63) is 153 Å². The molecule has 646 valence electrons. The third kappa shape index (κ3) is 29.3. The lowest BCUT2D eigenvalue weighted by Gasteiger charge is -2.31. The third-order valence-corrected chi connectivity index (χ3v) is 20.2. The van der Waals surface area contributed by atoms with E-state index in [9.17, 15) is 103 Å². The van der Waals surface area contributed by atoms with Crippen molar-refractivity contribution in [2.75, 3.05) is 137 Å². The van der Waals surface area contributed by atoms with E-state index in [-0.39, 0.29) is 239 Å². The Balaban J connectivity index is 0.961. The number of nitrogens with zero attached hydrogens (tertiary/aromatic N) is 4. The Morgan fingerprint density at radius 3 is 1.07 bits per heavy atom. The van der Waals surface area contributed by atoms with Crippen molar-refractivity contribution >= 4 is 88.9 Å². The quantitative estimate of drug-likeness (QED) is 0.0356. The van der Waals surface area contributed by atoms with Gasteiger partial charge < -0.3 is 105 Å². The van der Waals surface area contributed by atoms with Gasteiger partial charge in [-0.2, -0.15) is 0 Å². The molecule has 39 nitrogen and oxygen atoms in total. The number of carbonyl (C=O) groups is 15. The van der Waals surface area contributed by atoms with E-state index in [0.717, 1.165) is 0 Å². The summed E-state index contributed by atoms with van der Waals surface area (Å²) in [4.78, 5) is 206. The number of carboxylic acids is 3. The van der Waals surface area contributed by atoms with Crippen LogP contribution in [0.15, 0.2) is 97.1 Å². The largest absolute Gasteiger partial charge is 0.506 e. The number of phenolic OH excluding ortho intramolecular Hbond substituents is 4. The molecule has 9 rings (SSSR count). The molecule has 120 heavy (non-hydrogen) atoms. The Morgan fingerprint density at radius 2 is 0.700 bits per heavy atom. The van der Waals surface area contributed by atoms with Crippen LogP contribution in [0.4, 0.5) is 4.79 Å². The Kier molecular flexibility index (Phi) is 36.5. The molecule has 12 bridgehead atoms. The second-order valence-electron chi connectivity index (χ2n) is 28.9. The number of benzene rings is 5. The standard InChI is InChI=1S/C81H105N17O22/c99-63(20-9-21-64(100)91-48-50-22-24-51(25-23-50)70(107)83-29-4-2-19-61(79(116)117)93-81(120)94-62(80(118)119)26-27-65(101)102)82-28-3-1-10-52-49-98-43-36-90-76(113)58-16-7-15-57(68(58)105)73(110)86-31-38-95-37-30-84-71(108)53-11-5-13-55(66(53)103)74(111)87-34-41-97(46-47-98)42-35-88-75(112)56-14-6-12-54(67(56)104)72(109)85-32-39-96(45-44-95)40-33-89-77(114)59-17-8-18-60(69(59)106)78(115)92-52/h5-8,11-18,22-25,52,61-62,103-106H,1-4,9-10,19-21,26-49H2,(H,82,99)(H,83,107)(H,84,108)(H,85,109)(H,86,110)(H,87,111)(H,88,112)(H,89,114)(H,90,113)(H,91,100)(H,92,115)(H,101,102)(H,116,117)(H,118,119)(H2,93,94,120)/t52?,61-,62-/m0/s1. The molecule has 4 aliphatic heterocycles. The van der Waals surface area contributed by atoms with Gasteiger partial charge in [0.25, 0.3) is 53.2 Å². The summed E-state index contributed by atoms with van der Waals surface area (Å²) in [5.74, 6) is -13.5. The number of phenols is 4. The molecule has 0 aromatic heterocycles. The van der Waals surface area contributed by atoms with E-state index in [1.165, 1.54) is 72.8 Å². The van der Waals surface area contributed by atoms with E-state index < -0.39 is 131 Å². The highest BCUT2D eigenvalue weighted by molar-refractivity contribution is 6.07. The van der Waals surface area contributed by atoms with Gasteiger partial charge in [-0.1, -0.05) is 36.4 Å². The Labute approximate surface area is 690 Å². The summed E-state index contributed by atoms with van der Waals surface area (Å²) in [7, 11) is 0. The molecule has 0 spiro atoms. The van der Waals surface area contributed by atoms with E-state index in [2.05, 4.69) is 69.1 Å². The monoisotopic (exact) mass is 1670 g/mol. The van der Waals surface area contributed by atoms with E-state index in [4.69, 9.17) is 5.11 Å². The molecule has 39 heteroatoms. The molecule has 4 aliphatic rings. The zero-order chi connectivity index (χ0) is 86.6. The van der Waals surface area contributed by atoms with E-state index in [1.807, 2.05) is 19.6 Å². The van der Waals surface area contributed by atoms with Crippen molar-refractivity contribution in [3.63, 3.8) is 0 Å². The number of amides is 13. The Hall–Kier alpha value is -13.0. The molecule has 0 aliphatic carbocycles. The molecular weight excluding hydrogens is 1560 g/mol. The number of hydrogen-bond donors (Lipinski definition) is 20. The number of carbonyl (C=O) groups excluding carboxylic acids is 12. The molecule has 0 saturated carbocycles. The first kappa shape index (κ1) is 92.5. The van der Waals surface area contributed by atoms with Crippen LogP contribution in [0.5, 0.6) is 23.0 Å². The average molecular weight is 1670 g/mol. The van der Waals surface area contributed by atoms with Gasteiger partial charge in [0.1, 0.15) is 35.1 Å². The fourth-order valence-corrected chi connectivity index (χ4v) is 13.5. The van der Waals surface area contributed by atoms with Gasteiger partial charge in [-0.05, 0) is 118 Å². The smallest absolute Gasteiger partial charge is 0.326 e. The van der Waals surface area contributed by atoms with Crippen molar-refractivity contribution < 1.29 is 108 Å². The second kappa shape index (κ2) is 47.4. The maximum atomic E-state index is 14.7. The summed E-state index contributed by atoms with van der Waals surface area (Å²) in [6, 6.07) is 18.1. The van der Waals surface area contributed by atoms with Crippen LogP contribution >= 0.6 is 0 Å². The van der Waals surface area contributed by atoms with Crippen molar-refractivity contribution in [2.45, 2.75) is 95.3 Å². The Morgan fingerprint density at radius 1 is 0.367 bits per heavy atom. The lowest BCUT2D eigenvalue weighted by Crippen LogP contribution is -2.51. The number of fused-ring (bicyclic) bond motifs is 26. The zero-order valence-corrected chi connectivity index (χ0v) is 66.3. The highest BCUT2D eigenvalue weighted by Gasteiger charge is 2.30. The highest BCUT2D eigenvalue weighted by atomic mass is 16.4. The first-order valence-electron chi connectivity index (χ1n) is 39.7. The van der Waals surface area contributed by atoms with Gasteiger partial charge in [0.05, 0.1) is 44.5 Å². The number of aromatic hydroxyl groups is 4. The predicted octanol–water partition coefficient (Wildman–Crippen LogP) is -0.191. The van der Waals surface area contributed by atoms with Gasteiger partial charge in [0.2, 0.25) is 11.8 Å². The SMILES string of the molecule is O=C(O)CC[C@H](NC(=O)N[C@@H](CCCCNC(=O)c1ccc(CNC(=O)CCCC(=O)NCCCCC2CN3CCNC(=O)c4cccc(c4O)C(=O)NCCN4CCNC(=O)c5cccc(c5O)C(=O)NCCN(CCNC(=O)c5cccc(c5O)C(=O)NCCN(CCNC(=O)c5cccc(c5O)C(=O)N2)CC4)CC3)cc1)C(=O)O)C(=O)O. The number of aliphatic carboxylic acids is 3. The van der Waals surface area contributed by atoms with Crippen molar-refractivity contribution in [1.29, 1.82) is 0 Å². The van der Waals surface area contributed by atoms with Crippen molar-refractivity contribution in [2.24, 2.45) is 0 Å². The number of rotatable bonds is 24.